The van der Waals surface area contributed by atoms with Crippen molar-refractivity contribution in [1.29, 1.82) is 5.26 Å². The zero-order valence-corrected chi connectivity index (χ0v) is 11.2. The van der Waals surface area contributed by atoms with Crippen LogP contribution >= 0.6 is 23.4 Å². The summed E-state index contributed by atoms with van der Waals surface area (Å²) in [7, 11) is 0. The van der Waals surface area contributed by atoms with E-state index in [1.54, 1.807) is 17.8 Å². The smallest absolute Gasteiger partial charge is 0.254 e. The molecule has 0 bridgehead atoms. The lowest BCUT2D eigenvalue weighted by Gasteiger charge is -2.31. The molecular weight excluding hydrogens is 270 g/mol. The molecule has 0 aromatic carbocycles. The Balaban J connectivity index is 2.16. The van der Waals surface area contributed by atoms with Crippen molar-refractivity contribution < 1.29 is 4.79 Å². The third-order valence-electron chi connectivity index (χ3n) is 2.93. The maximum Gasteiger partial charge on any atom is 0.254 e. The van der Waals surface area contributed by atoms with Crippen LogP contribution in [0.25, 0.3) is 0 Å². The summed E-state index contributed by atoms with van der Waals surface area (Å²) < 4.78 is 0. The van der Waals surface area contributed by atoms with Crippen LogP contribution in [-0.2, 0) is 0 Å². The molecule has 1 saturated heterocycles. The first kappa shape index (κ1) is 13.2. The monoisotopic (exact) mass is 281 g/mol. The molecule has 6 heteroatoms. The average Bonchev–Trinajstić information content (AvgIpc) is 2.40. The van der Waals surface area contributed by atoms with E-state index in [2.05, 4.69) is 16.4 Å². The van der Waals surface area contributed by atoms with Crippen LogP contribution in [0.1, 0.15) is 23.2 Å². The summed E-state index contributed by atoms with van der Waals surface area (Å²) in [5, 5.41) is 12.4. The second-order valence-electron chi connectivity index (χ2n) is 4.12. The predicted molar refractivity (Wildman–Crippen MR) is 71.6 cm³/mol. The number of hydrogen-bond donors (Lipinski definition) is 1. The van der Waals surface area contributed by atoms with Crippen LogP contribution in [0.2, 0.25) is 5.02 Å². The van der Waals surface area contributed by atoms with Crippen molar-refractivity contribution in [3.05, 3.63) is 29.0 Å². The van der Waals surface area contributed by atoms with Crippen molar-refractivity contribution in [3.63, 3.8) is 0 Å². The first-order chi connectivity index (χ1) is 8.67. The normalized spacial score (nSPS) is 17.8. The van der Waals surface area contributed by atoms with Crippen LogP contribution < -0.4 is 5.32 Å². The van der Waals surface area contributed by atoms with Gasteiger partial charge in [0.25, 0.3) is 5.91 Å². The van der Waals surface area contributed by atoms with Gasteiger partial charge in [0.2, 0.25) is 0 Å². The second-order valence-corrected chi connectivity index (χ2v) is 5.75. The average molecular weight is 282 g/mol. The molecule has 2 rings (SSSR count). The van der Waals surface area contributed by atoms with Gasteiger partial charge in [-0.3, -0.25) is 9.78 Å². The minimum absolute atomic E-state index is 0.299. The van der Waals surface area contributed by atoms with Crippen molar-refractivity contribution in [1.82, 2.24) is 10.3 Å². The van der Waals surface area contributed by atoms with Crippen molar-refractivity contribution in [3.8, 4) is 6.07 Å². The Kier molecular flexibility index (Phi) is 4.10. The van der Waals surface area contributed by atoms with Gasteiger partial charge in [-0.15, -0.1) is 0 Å². The number of aromatic nitrogens is 1. The molecule has 0 saturated carbocycles. The second kappa shape index (κ2) is 5.59. The quantitative estimate of drug-likeness (QED) is 0.903. The fourth-order valence-corrected chi connectivity index (χ4v) is 3.22. The minimum atomic E-state index is -0.755. The number of carbonyl (C=O) groups excluding carboxylic acids is 1. The summed E-state index contributed by atoms with van der Waals surface area (Å²) in [6.45, 7) is 0. The fraction of sp³-hybridized carbons (Fsp3) is 0.417. The van der Waals surface area contributed by atoms with E-state index in [0.717, 1.165) is 11.5 Å². The Labute approximate surface area is 115 Å². The number of hydrogen-bond acceptors (Lipinski definition) is 4. The van der Waals surface area contributed by atoms with Gasteiger partial charge in [0, 0.05) is 12.4 Å². The summed E-state index contributed by atoms with van der Waals surface area (Å²) in [6.07, 6.45) is 4.27. The molecule has 1 aliphatic rings. The zero-order valence-electron chi connectivity index (χ0n) is 9.65. The third-order valence-corrected chi connectivity index (χ3v) is 4.22. The third kappa shape index (κ3) is 2.77. The molecule has 1 aliphatic heterocycles. The number of nitriles is 1. The van der Waals surface area contributed by atoms with Gasteiger partial charge >= 0.3 is 0 Å². The van der Waals surface area contributed by atoms with E-state index in [4.69, 9.17) is 11.6 Å². The highest BCUT2D eigenvalue weighted by atomic mass is 35.5. The number of halogens is 1. The summed E-state index contributed by atoms with van der Waals surface area (Å²) in [4.78, 5) is 15.9. The van der Waals surface area contributed by atoms with Gasteiger partial charge < -0.3 is 5.32 Å². The topological polar surface area (TPSA) is 65.8 Å². The van der Waals surface area contributed by atoms with Crippen LogP contribution in [0.5, 0.6) is 0 Å². The predicted octanol–water partition coefficient (Wildman–Crippen LogP) is 2.25. The van der Waals surface area contributed by atoms with Crippen LogP contribution in [0, 0.1) is 11.3 Å². The molecule has 1 N–H and O–H groups in total. The van der Waals surface area contributed by atoms with Crippen LogP contribution in [0.3, 0.4) is 0 Å². The number of pyridine rings is 1. The van der Waals surface area contributed by atoms with Crippen molar-refractivity contribution >= 4 is 29.3 Å². The molecule has 18 heavy (non-hydrogen) atoms. The minimum Gasteiger partial charge on any atom is -0.334 e. The molecule has 0 unspecified atom stereocenters. The maximum absolute atomic E-state index is 12.1. The highest BCUT2D eigenvalue weighted by Crippen LogP contribution is 2.27. The first-order valence-electron chi connectivity index (χ1n) is 5.58. The Bertz CT molecular complexity index is 494. The van der Waals surface area contributed by atoms with Crippen molar-refractivity contribution in [2.24, 2.45) is 0 Å². The number of rotatable bonds is 2. The largest absolute Gasteiger partial charge is 0.334 e. The van der Waals surface area contributed by atoms with Crippen LogP contribution in [-0.4, -0.2) is 27.9 Å². The van der Waals surface area contributed by atoms with E-state index >= 15 is 0 Å². The van der Waals surface area contributed by atoms with Crippen molar-refractivity contribution in [2.45, 2.75) is 18.4 Å². The molecule has 1 fully saturated rings. The molecule has 94 valence electrons. The number of thioether (sulfide) groups is 1. The Morgan fingerprint density at radius 3 is 2.89 bits per heavy atom. The lowest BCUT2D eigenvalue weighted by Crippen LogP contribution is -2.49. The molecule has 0 spiro atoms. The van der Waals surface area contributed by atoms with E-state index in [-0.39, 0.29) is 5.91 Å². The van der Waals surface area contributed by atoms with Gasteiger partial charge in [0.05, 0.1) is 16.7 Å². The maximum atomic E-state index is 12.1. The standard InChI is InChI=1S/C12H12ClN3OS/c13-10-7-15-4-1-9(10)11(17)16-12(8-14)2-5-18-6-3-12/h1,4,7H,2-3,5-6H2,(H,16,17). The lowest BCUT2D eigenvalue weighted by atomic mass is 9.93. The van der Waals surface area contributed by atoms with E-state index in [1.807, 2.05) is 0 Å². The molecule has 0 aliphatic carbocycles. The number of amides is 1. The molecule has 1 aromatic rings. The SMILES string of the molecule is N#CC1(NC(=O)c2ccncc2Cl)CCSCC1. The zero-order chi connectivity index (χ0) is 13.0. The van der Waals surface area contributed by atoms with E-state index in [1.165, 1.54) is 12.4 Å². The summed E-state index contributed by atoms with van der Waals surface area (Å²) in [5.41, 5.74) is -0.394. The summed E-state index contributed by atoms with van der Waals surface area (Å²) >= 11 is 7.72. The highest BCUT2D eigenvalue weighted by Gasteiger charge is 2.34. The summed E-state index contributed by atoms with van der Waals surface area (Å²) in [6, 6.07) is 3.79. The Morgan fingerprint density at radius 1 is 1.56 bits per heavy atom. The van der Waals surface area contributed by atoms with E-state index in [0.29, 0.717) is 23.4 Å². The van der Waals surface area contributed by atoms with Gasteiger partial charge in [-0.1, -0.05) is 11.6 Å². The van der Waals surface area contributed by atoms with Gasteiger partial charge in [0.1, 0.15) is 5.54 Å². The molecule has 4 nitrogen and oxygen atoms in total. The number of nitrogens with one attached hydrogen (secondary N) is 1. The summed E-state index contributed by atoms with van der Waals surface area (Å²) in [5.74, 6) is 1.46. The Hall–Kier alpha value is -1.25. The Morgan fingerprint density at radius 2 is 2.28 bits per heavy atom. The fourth-order valence-electron chi connectivity index (χ4n) is 1.83. The van der Waals surface area contributed by atoms with Gasteiger partial charge in [0.15, 0.2) is 0 Å². The molecule has 0 atom stereocenters. The highest BCUT2D eigenvalue weighted by molar-refractivity contribution is 7.99. The van der Waals surface area contributed by atoms with E-state index < -0.39 is 5.54 Å². The van der Waals surface area contributed by atoms with Crippen molar-refractivity contribution in [2.75, 3.05) is 11.5 Å². The van der Waals surface area contributed by atoms with E-state index in [9.17, 15) is 10.1 Å². The molecular formula is C12H12ClN3OS. The number of nitrogens with zero attached hydrogens (tertiary/aromatic N) is 2. The van der Waals surface area contributed by atoms with Gasteiger partial charge in [-0.2, -0.15) is 17.0 Å². The molecule has 1 aromatic heterocycles. The molecule has 0 radical (unpaired) electrons. The first-order valence-corrected chi connectivity index (χ1v) is 7.11. The van der Waals surface area contributed by atoms with Gasteiger partial charge in [-0.05, 0) is 30.4 Å². The molecule has 2 heterocycles. The van der Waals surface area contributed by atoms with Crippen LogP contribution in [0.4, 0.5) is 0 Å². The molecule has 1 amide bonds. The van der Waals surface area contributed by atoms with Gasteiger partial charge in [-0.25, -0.2) is 0 Å². The lowest BCUT2D eigenvalue weighted by molar-refractivity contribution is 0.0915. The number of carbonyl (C=O) groups is 1. The van der Waals surface area contributed by atoms with Crippen LogP contribution in [0.15, 0.2) is 18.5 Å².